The first-order chi connectivity index (χ1) is 7.12. The number of hydroxylamine groups is 2. The topological polar surface area (TPSA) is 70.1 Å². The van der Waals surface area contributed by atoms with Gasteiger partial charge in [0.2, 0.25) is 0 Å². The van der Waals surface area contributed by atoms with Crippen LogP contribution in [0.5, 0.6) is 0 Å². The zero-order valence-electron chi connectivity index (χ0n) is 10.6. The van der Waals surface area contributed by atoms with E-state index in [1.807, 2.05) is 0 Å². The number of carbonyl (C=O) groups excluding carboxylic acids is 1. The number of amides is 2. The van der Waals surface area contributed by atoms with Gasteiger partial charge in [0.1, 0.15) is 6.04 Å². The molecule has 0 heterocycles. The molecule has 0 bridgehead atoms. The Morgan fingerprint density at radius 2 is 1.75 bits per heavy atom. The summed E-state index contributed by atoms with van der Waals surface area (Å²) in [4.78, 5) is 28.7. The van der Waals surface area contributed by atoms with Crippen LogP contribution >= 0.6 is 0 Å². The van der Waals surface area contributed by atoms with Gasteiger partial charge >= 0.3 is 6.09 Å². The molecule has 6 nitrogen and oxygen atoms in total. The summed E-state index contributed by atoms with van der Waals surface area (Å²) in [6.45, 7) is 6.74. The van der Waals surface area contributed by atoms with Crippen LogP contribution in [0.25, 0.3) is 0 Å². The van der Waals surface area contributed by atoms with E-state index in [1.165, 1.54) is 21.1 Å². The fraction of sp³-hybridized carbons (Fsp3) is 0.800. The molecule has 0 unspecified atom stereocenters. The van der Waals surface area contributed by atoms with Crippen LogP contribution in [0.4, 0.5) is 4.79 Å². The fourth-order valence-corrected chi connectivity index (χ4v) is 1.50. The SMILES string of the molecule is CON(C)C(=O)[C@@H](C)N(C(=O)O)C(C)(C)C. The third-order valence-corrected chi connectivity index (χ3v) is 2.26. The zero-order valence-corrected chi connectivity index (χ0v) is 10.6. The molecule has 16 heavy (non-hydrogen) atoms. The van der Waals surface area contributed by atoms with Crippen LogP contribution < -0.4 is 0 Å². The summed E-state index contributed by atoms with van der Waals surface area (Å²) in [5.41, 5.74) is -0.643. The summed E-state index contributed by atoms with van der Waals surface area (Å²) in [5, 5.41) is 10.1. The number of rotatable bonds is 3. The number of likely N-dealkylation sites (N-methyl/N-ethyl adjacent to an activating group) is 1. The van der Waals surface area contributed by atoms with Gasteiger partial charge in [0, 0.05) is 12.6 Å². The van der Waals surface area contributed by atoms with E-state index < -0.39 is 23.6 Å². The molecule has 0 aromatic carbocycles. The second-order valence-electron chi connectivity index (χ2n) is 4.52. The van der Waals surface area contributed by atoms with Crippen molar-refractivity contribution >= 4 is 12.0 Å². The second-order valence-corrected chi connectivity index (χ2v) is 4.52. The van der Waals surface area contributed by atoms with E-state index in [-0.39, 0.29) is 0 Å². The van der Waals surface area contributed by atoms with Gasteiger partial charge in [-0.15, -0.1) is 0 Å². The molecular weight excluding hydrogens is 212 g/mol. The van der Waals surface area contributed by atoms with Crippen LogP contribution in [0, 0.1) is 0 Å². The van der Waals surface area contributed by atoms with E-state index in [0.717, 1.165) is 9.96 Å². The van der Waals surface area contributed by atoms with Crippen LogP contribution in [0.1, 0.15) is 27.7 Å². The Labute approximate surface area is 95.7 Å². The van der Waals surface area contributed by atoms with Crippen molar-refractivity contribution in [3.8, 4) is 0 Å². The van der Waals surface area contributed by atoms with Crippen molar-refractivity contribution < 1.29 is 19.5 Å². The Kier molecular flexibility index (Phi) is 4.74. The Bertz CT molecular complexity index is 272. The van der Waals surface area contributed by atoms with Crippen LogP contribution in [-0.4, -0.2) is 52.8 Å². The van der Waals surface area contributed by atoms with Crippen LogP contribution in [-0.2, 0) is 9.63 Å². The molecule has 94 valence electrons. The molecule has 0 saturated carbocycles. The lowest BCUT2D eigenvalue weighted by Gasteiger charge is -2.38. The first kappa shape index (κ1) is 14.7. The highest BCUT2D eigenvalue weighted by atomic mass is 16.7. The standard InChI is InChI=1S/C10H20N2O4/c1-7(8(13)11(5)16-6)12(9(14)15)10(2,3)4/h7H,1-6H3,(H,14,15)/t7-/m1/s1. The first-order valence-electron chi connectivity index (χ1n) is 4.96. The smallest absolute Gasteiger partial charge is 0.408 e. The average Bonchev–Trinajstić information content (AvgIpc) is 2.12. The number of carbonyl (C=O) groups is 2. The van der Waals surface area contributed by atoms with Gasteiger partial charge in [0.15, 0.2) is 0 Å². The summed E-state index contributed by atoms with van der Waals surface area (Å²) in [7, 11) is 2.80. The Morgan fingerprint density at radius 1 is 1.31 bits per heavy atom. The fourth-order valence-electron chi connectivity index (χ4n) is 1.50. The maximum atomic E-state index is 11.8. The van der Waals surface area contributed by atoms with Crippen LogP contribution in [0.2, 0.25) is 0 Å². The van der Waals surface area contributed by atoms with Gasteiger partial charge in [-0.2, -0.15) is 0 Å². The molecule has 1 N–H and O–H groups in total. The maximum Gasteiger partial charge on any atom is 0.408 e. The van der Waals surface area contributed by atoms with Gasteiger partial charge in [-0.1, -0.05) is 0 Å². The number of hydrogen-bond acceptors (Lipinski definition) is 3. The Morgan fingerprint density at radius 3 is 2.00 bits per heavy atom. The second kappa shape index (κ2) is 5.16. The van der Waals surface area contributed by atoms with Crippen LogP contribution in [0.15, 0.2) is 0 Å². The molecule has 0 aliphatic rings. The molecule has 0 aliphatic heterocycles. The van der Waals surface area contributed by atoms with Crippen molar-refractivity contribution in [2.24, 2.45) is 0 Å². The molecule has 1 atom stereocenters. The van der Waals surface area contributed by atoms with E-state index in [1.54, 1.807) is 20.8 Å². The van der Waals surface area contributed by atoms with Crippen molar-refractivity contribution in [2.45, 2.75) is 39.3 Å². The molecule has 6 heteroatoms. The quantitative estimate of drug-likeness (QED) is 0.742. The molecule has 0 aliphatic carbocycles. The maximum absolute atomic E-state index is 11.8. The third kappa shape index (κ3) is 3.37. The van der Waals surface area contributed by atoms with Gasteiger partial charge in [0.25, 0.3) is 5.91 Å². The first-order valence-corrected chi connectivity index (χ1v) is 4.96. The summed E-state index contributed by atoms with van der Waals surface area (Å²) in [6.07, 6.45) is -1.13. The Hall–Kier alpha value is -1.30. The minimum Gasteiger partial charge on any atom is -0.465 e. The zero-order chi connectivity index (χ0) is 13.1. The lowest BCUT2D eigenvalue weighted by molar-refractivity contribution is -0.174. The van der Waals surface area contributed by atoms with Gasteiger partial charge in [-0.05, 0) is 27.7 Å². The summed E-state index contributed by atoms with van der Waals surface area (Å²) in [6, 6.07) is -0.789. The van der Waals surface area contributed by atoms with E-state index in [4.69, 9.17) is 9.94 Å². The minimum absolute atomic E-state index is 0.403. The molecule has 0 fully saturated rings. The lowest BCUT2D eigenvalue weighted by Crippen LogP contribution is -2.55. The molecule has 0 aromatic rings. The highest BCUT2D eigenvalue weighted by Gasteiger charge is 2.35. The summed E-state index contributed by atoms with van der Waals surface area (Å²) >= 11 is 0. The van der Waals surface area contributed by atoms with Crippen molar-refractivity contribution in [3.05, 3.63) is 0 Å². The van der Waals surface area contributed by atoms with Gasteiger partial charge in [0.05, 0.1) is 7.11 Å². The van der Waals surface area contributed by atoms with Gasteiger partial charge in [-0.3, -0.25) is 14.5 Å². The van der Waals surface area contributed by atoms with Gasteiger partial charge < -0.3 is 5.11 Å². The number of hydrogen-bond donors (Lipinski definition) is 1. The highest BCUT2D eigenvalue weighted by Crippen LogP contribution is 2.18. The average molecular weight is 232 g/mol. The summed E-state index contributed by atoms with van der Waals surface area (Å²) < 4.78 is 0. The lowest BCUT2D eigenvalue weighted by atomic mass is 10.0. The van der Waals surface area contributed by atoms with Crippen molar-refractivity contribution in [1.82, 2.24) is 9.96 Å². The summed E-state index contributed by atoms with van der Waals surface area (Å²) in [5.74, 6) is -0.403. The number of nitrogens with zero attached hydrogens (tertiary/aromatic N) is 2. The van der Waals surface area contributed by atoms with Crippen molar-refractivity contribution in [2.75, 3.05) is 14.2 Å². The molecule has 0 saturated heterocycles. The van der Waals surface area contributed by atoms with E-state index in [0.29, 0.717) is 0 Å². The molecular formula is C10H20N2O4. The highest BCUT2D eigenvalue weighted by molar-refractivity contribution is 5.84. The van der Waals surface area contributed by atoms with E-state index in [2.05, 4.69) is 0 Å². The molecule has 0 aromatic heterocycles. The Balaban J connectivity index is 4.97. The van der Waals surface area contributed by atoms with E-state index >= 15 is 0 Å². The monoisotopic (exact) mass is 232 g/mol. The number of carboxylic acid groups (broad SMARTS) is 1. The van der Waals surface area contributed by atoms with Crippen LogP contribution in [0.3, 0.4) is 0 Å². The predicted molar refractivity (Wildman–Crippen MR) is 58.9 cm³/mol. The van der Waals surface area contributed by atoms with Crippen molar-refractivity contribution in [3.63, 3.8) is 0 Å². The molecule has 2 amide bonds. The van der Waals surface area contributed by atoms with Crippen molar-refractivity contribution in [1.29, 1.82) is 0 Å². The predicted octanol–water partition coefficient (Wildman–Crippen LogP) is 1.17. The largest absolute Gasteiger partial charge is 0.465 e. The van der Waals surface area contributed by atoms with E-state index in [9.17, 15) is 9.59 Å². The minimum atomic E-state index is -1.13. The normalized spacial score (nSPS) is 13.1. The van der Waals surface area contributed by atoms with Gasteiger partial charge in [-0.25, -0.2) is 9.86 Å². The third-order valence-electron chi connectivity index (χ3n) is 2.26. The molecule has 0 rings (SSSR count). The molecule has 0 spiro atoms. The molecule has 0 radical (unpaired) electrons.